The molecule has 0 bridgehead atoms. The second kappa shape index (κ2) is 12.1. The monoisotopic (exact) mass is 524 g/mol. The number of ether oxygens (including phenoxy) is 1. The van der Waals surface area contributed by atoms with Crippen LogP contribution in [0, 0.1) is 5.92 Å². The van der Waals surface area contributed by atoms with Crippen molar-refractivity contribution in [2.24, 2.45) is 5.92 Å². The standard InChI is InChI=1S/C29H36N2O3S2/c1-5-21(4)17-30(29(33)27-7-6-15-35-27)18-28(32)31-14-12-26-24(13-16-36-26)25(31)19-34-23-10-8-22(9-11-23)20(2)3/h6-11,13,15-16,20-21,25H,5,12,14,17-19H2,1-4H3. The number of benzene rings is 1. The van der Waals surface area contributed by atoms with Crippen LogP contribution in [0.5, 0.6) is 5.75 Å². The van der Waals surface area contributed by atoms with E-state index >= 15 is 0 Å². The number of nitrogens with zero attached hydrogens (tertiary/aromatic N) is 2. The number of rotatable bonds is 10. The van der Waals surface area contributed by atoms with Crippen molar-refractivity contribution in [3.05, 3.63) is 74.1 Å². The Morgan fingerprint density at radius 3 is 2.53 bits per heavy atom. The molecule has 4 rings (SSSR count). The molecule has 1 aliphatic heterocycles. The molecular formula is C29H36N2O3S2. The zero-order valence-corrected chi connectivity index (χ0v) is 23.2. The van der Waals surface area contributed by atoms with Gasteiger partial charge in [0, 0.05) is 18.0 Å². The minimum Gasteiger partial charge on any atom is -0.491 e. The molecule has 2 atom stereocenters. The molecule has 2 amide bonds. The van der Waals surface area contributed by atoms with Crippen molar-refractivity contribution in [3.63, 3.8) is 0 Å². The van der Waals surface area contributed by atoms with Gasteiger partial charge < -0.3 is 14.5 Å². The maximum absolute atomic E-state index is 13.7. The van der Waals surface area contributed by atoms with Gasteiger partial charge in [-0.15, -0.1) is 22.7 Å². The lowest BCUT2D eigenvalue weighted by atomic mass is 10.00. The van der Waals surface area contributed by atoms with Crippen LogP contribution in [0.3, 0.4) is 0 Å². The average molecular weight is 525 g/mol. The van der Waals surface area contributed by atoms with Crippen LogP contribution >= 0.6 is 22.7 Å². The van der Waals surface area contributed by atoms with Gasteiger partial charge in [-0.1, -0.05) is 52.3 Å². The molecule has 0 saturated carbocycles. The molecule has 2 aromatic heterocycles. The largest absolute Gasteiger partial charge is 0.491 e. The van der Waals surface area contributed by atoms with Crippen molar-refractivity contribution in [1.29, 1.82) is 0 Å². The van der Waals surface area contributed by atoms with Crippen molar-refractivity contribution in [2.75, 3.05) is 26.2 Å². The molecule has 36 heavy (non-hydrogen) atoms. The summed E-state index contributed by atoms with van der Waals surface area (Å²) in [5.41, 5.74) is 2.44. The van der Waals surface area contributed by atoms with Crippen LogP contribution in [0.2, 0.25) is 0 Å². The fraction of sp³-hybridized carbons (Fsp3) is 0.448. The minimum atomic E-state index is -0.167. The Hall–Kier alpha value is -2.64. The predicted molar refractivity (Wildman–Crippen MR) is 148 cm³/mol. The quantitative estimate of drug-likeness (QED) is 0.299. The van der Waals surface area contributed by atoms with Crippen LogP contribution < -0.4 is 4.74 Å². The number of amides is 2. The van der Waals surface area contributed by atoms with Gasteiger partial charge in [0.2, 0.25) is 5.91 Å². The van der Waals surface area contributed by atoms with Gasteiger partial charge in [0.15, 0.2) is 0 Å². The van der Waals surface area contributed by atoms with Crippen molar-refractivity contribution in [1.82, 2.24) is 9.80 Å². The van der Waals surface area contributed by atoms with Crippen LogP contribution in [-0.4, -0.2) is 47.9 Å². The predicted octanol–water partition coefficient (Wildman–Crippen LogP) is 6.63. The maximum atomic E-state index is 13.7. The molecule has 2 unspecified atom stereocenters. The highest BCUT2D eigenvalue weighted by Gasteiger charge is 2.34. The third-order valence-corrected chi connectivity index (χ3v) is 8.80. The van der Waals surface area contributed by atoms with Gasteiger partial charge in [-0.3, -0.25) is 9.59 Å². The van der Waals surface area contributed by atoms with E-state index in [1.165, 1.54) is 21.8 Å². The lowest BCUT2D eigenvalue weighted by Gasteiger charge is -2.37. The summed E-state index contributed by atoms with van der Waals surface area (Å²) in [4.78, 5) is 32.6. The van der Waals surface area contributed by atoms with Gasteiger partial charge in [0.1, 0.15) is 18.9 Å². The van der Waals surface area contributed by atoms with Gasteiger partial charge in [-0.05, 0) is 64.4 Å². The number of thiophene rings is 2. The molecule has 192 valence electrons. The van der Waals surface area contributed by atoms with E-state index in [-0.39, 0.29) is 24.4 Å². The Morgan fingerprint density at radius 1 is 1.08 bits per heavy atom. The van der Waals surface area contributed by atoms with Crippen molar-refractivity contribution < 1.29 is 14.3 Å². The maximum Gasteiger partial charge on any atom is 0.264 e. The molecule has 0 saturated heterocycles. The van der Waals surface area contributed by atoms with E-state index < -0.39 is 0 Å². The van der Waals surface area contributed by atoms with Crippen LogP contribution in [0.25, 0.3) is 0 Å². The highest BCUT2D eigenvalue weighted by molar-refractivity contribution is 7.12. The molecule has 0 radical (unpaired) electrons. The Bertz CT molecular complexity index is 1140. The van der Waals surface area contributed by atoms with Crippen LogP contribution in [-0.2, 0) is 11.2 Å². The fourth-order valence-corrected chi connectivity index (χ4v) is 6.15. The average Bonchev–Trinajstić information content (AvgIpc) is 3.59. The second-order valence-corrected chi connectivity index (χ2v) is 11.8. The molecular weight excluding hydrogens is 488 g/mol. The zero-order chi connectivity index (χ0) is 25.7. The normalized spacial score (nSPS) is 16.0. The van der Waals surface area contributed by atoms with E-state index in [9.17, 15) is 9.59 Å². The molecule has 0 fully saturated rings. The first kappa shape index (κ1) is 26.4. The highest BCUT2D eigenvalue weighted by atomic mass is 32.1. The van der Waals surface area contributed by atoms with E-state index in [0.29, 0.717) is 36.4 Å². The first-order valence-corrected chi connectivity index (χ1v) is 14.5. The van der Waals surface area contributed by atoms with Gasteiger partial charge >= 0.3 is 0 Å². The summed E-state index contributed by atoms with van der Waals surface area (Å²) in [6, 6.07) is 13.9. The number of hydrogen-bond donors (Lipinski definition) is 0. The first-order valence-electron chi connectivity index (χ1n) is 12.8. The highest BCUT2D eigenvalue weighted by Crippen LogP contribution is 2.34. The van der Waals surface area contributed by atoms with Crippen LogP contribution in [0.1, 0.15) is 71.8 Å². The SMILES string of the molecule is CCC(C)CN(CC(=O)N1CCc2sccc2C1COc1ccc(C(C)C)cc1)C(=O)c1cccs1. The van der Waals surface area contributed by atoms with E-state index in [1.54, 1.807) is 16.2 Å². The van der Waals surface area contributed by atoms with Gasteiger partial charge in [0.25, 0.3) is 5.91 Å². The number of fused-ring (bicyclic) bond motifs is 1. The van der Waals surface area contributed by atoms with Gasteiger partial charge in [-0.25, -0.2) is 0 Å². The molecule has 1 aliphatic rings. The van der Waals surface area contributed by atoms with E-state index in [1.807, 2.05) is 34.5 Å². The van der Waals surface area contributed by atoms with Crippen molar-refractivity contribution in [3.8, 4) is 5.75 Å². The van der Waals surface area contributed by atoms with Gasteiger partial charge in [-0.2, -0.15) is 0 Å². The second-order valence-electron chi connectivity index (χ2n) is 9.86. The summed E-state index contributed by atoms with van der Waals surface area (Å²) >= 11 is 3.16. The van der Waals surface area contributed by atoms with Crippen molar-refractivity contribution >= 4 is 34.5 Å². The number of carbonyl (C=O) groups is 2. The number of hydrogen-bond acceptors (Lipinski definition) is 5. The summed E-state index contributed by atoms with van der Waals surface area (Å²) < 4.78 is 6.21. The van der Waals surface area contributed by atoms with E-state index in [4.69, 9.17) is 4.74 Å². The fourth-order valence-electron chi connectivity index (χ4n) is 4.53. The van der Waals surface area contributed by atoms with Gasteiger partial charge in [0.05, 0.1) is 10.9 Å². The number of carbonyl (C=O) groups excluding carboxylic acids is 2. The van der Waals surface area contributed by atoms with Crippen molar-refractivity contribution in [2.45, 2.75) is 52.5 Å². The molecule has 1 aromatic carbocycles. The van der Waals surface area contributed by atoms with Crippen LogP contribution in [0.4, 0.5) is 0 Å². The molecule has 3 heterocycles. The molecule has 0 N–H and O–H groups in total. The summed E-state index contributed by atoms with van der Waals surface area (Å²) in [6.07, 6.45) is 1.79. The topological polar surface area (TPSA) is 49.9 Å². The third kappa shape index (κ3) is 6.19. The molecule has 3 aromatic rings. The summed E-state index contributed by atoms with van der Waals surface area (Å²) in [7, 11) is 0. The first-order chi connectivity index (χ1) is 17.4. The summed E-state index contributed by atoms with van der Waals surface area (Å²) in [5, 5.41) is 4.00. The van der Waals surface area contributed by atoms with E-state index in [2.05, 4.69) is 51.3 Å². The lowest BCUT2D eigenvalue weighted by molar-refractivity contribution is -0.135. The molecule has 5 nitrogen and oxygen atoms in total. The smallest absolute Gasteiger partial charge is 0.264 e. The molecule has 7 heteroatoms. The minimum absolute atomic E-state index is 0.0242. The summed E-state index contributed by atoms with van der Waals surface area (Å²) in [6.45, 7) is 10.3. The Morgan fingerprint density at radius 2 is 1.86 bits per heavy atom. The van der Waals surface area contributed by atoms with Crippen LogP contribution in [0.15, 0.2) is 53.2 Å². The Labute approximate surface area is 222 Å². The third-order valence-electron chi connectivity index (χ3n) is 6.94. The lowest BCUT2D eigenvalue weighted by Crippen LogP contribution is -2.48. The van der Waals surface area contributed by atoms with E-state index in [0.717, 1.165) is 24.2 Å². The Balaban J connectivity index is 1.51. The molecule has 0 spiro atoms. The zero-order valence-electron chi connectivity index (χ0n) is 21.6. The summed E-state index contributed by atoms with van der Waals surface area (Å²) in [5.74, 6) is 1.50. The molecule has 0 aliphatic carbocycles. The Kier molecular flexibility index (Phi) is 8.86.